The molecule has 0 spiro atoms. The number of carbonyl (C=O) groups is 2. The summed E-state index contributed by atoms with van der Waals surface area (Å²) in [6.07, 6.45) is 4.16. The van der Waals surface area contributed by atoms with Crippen molar-refractivity contribution in [3.63, 3.8) is 0 Å². The molecule has 3 unspecified atom stereocenters. The van der Waals surface area contributed by atoms with Crippen molar-refractivity contribution in [2.75, 3.05) is 17.2 Å². The predicted molar refractivity (Wildman–Crippen MR) is 152 cm³/mol. The molecule has 9 nitrogen and oxygen atoms in total. The van der Waals surface area contributed by atoms with Crippen LogP contribution in [-0.4, -0.2) is 45.6 Å². The van der Waals surface area contributed by atoms with Crippen LogP contribution in [0.3, 0.4) is 0 Å². The number of nitrogens with two attached hydrogens (primary N) is 1. The van der Waals surface area contributed by atoms with Crippen LogP contribution in [0.5, 0.6) is 0 Å². The van der Waals surface area contributed by atoms with Gasteiger partial charge in [0, 0.05) is 19.2 Å². The number of anilines is 2. The number of nitrogens with zero attached hydrogens (tertiary/aromatic N) is 3. The highest BCUT2D eigenvalue weighted by molar-refractivity contribution is 6.30. The van der Waals surface area contributed by atoms with Crippen LogP contribution < -0.4 is 16.4 Å². The second kappa shape index (κ2) is 11.8. The summed E-state index contributed by atoms with van der Waals surface area (Å²) in [5, 5.41) is 25.3. The highest BCUT2D eigenvalue weighted by Gasteiger charge is 2.40. The van der Waals surface area contributed by atoms with Crippen LogP contribution in [0.2, 0.25) is 5.02 Å². The SMILES string of the molecule is N#Cc1cccc(C(N)(CCC2CC2)c2ccc(F)c(NC(=O)C3CC(O)CN3C(=O)Nc3ccc(Cl)cn3)c2)c1. The smallest absolute Gasteiger partial charge is 0.323 e. The van der Waals surface area contributed by atoms with Crippen LogP contribution in [0.4, 0.5) is 20.7 Å². The van der Waals surface area contributed by atoms with Gasteiger partial charge in [-0.3, -0.25) is 10.1 Å². The number of urea groups is 1. The van der Waals surface area contributed by atoms with E-state index < -0.39 is 35.4 Å². The van der Waals surface area contributed by atoms with Crippen molar-refractivity contribution in [1.29, 1.82) is 5.26 Å². The van der Waals surface area contributed by atoms with Crippen molar-refractivity contribution < 1.29 is 19.1 Å². The van der Waals surface area contributed by atoms with E-state index in [-0.39, 0.29) is 24.5 Å². The highest BCUT2D eigenvalue weighted by atomic mass is 35.5. The number of pyridine rings is 1. The first kappa shape index (κ1) is 28.5. The van der Waals surface area contributed by atoms with E-state index in [1.54, 1.807) is 30.3 Å². The van der Waals surface area contributed by atoms with E-state index in [2.05, 4.69) is 21.7 Å². The van der Waals surface area contributed by atoms with Gasteiger partial charge in [-0.1, -0.05) is 42.6 Å². The Bertz CT molecular complexity index is 1490. The fraction of sp³-hybridized carbons (Fsp3) is 0.333. The summed E-state index contributed by atoms with van der Waals surface area (Å²) in [6, 6.07) is 14.9. The maximum absolute atomic E-state index is 15.0. The Balaban J connectivity index is 1.38. The van der Waals surface area contributed by atoms with E-state index in [0.29, 0.717) is 28.5 Å². The first-order valence-corrected chi connectivity index (χ1v) is 13.8. The second-order valence-corrected chi connectivity index (χ2v) is 11.1. The first-order valence-electron chi connectivity index (χ1n) is 13.4. The van der Waals surface area contributed by atoms with Gasteiger partial charge in [-0.25, -0.2) is 14.2 Å². The molecule has 5 rings (SSSR count). The van der Waals surface area contributed by atoms with Gasteiger partial charge in [0.1, 0.15) is 17.7 Å². The molecule has 3 aromatic rings. The highest BCUT2D eigenvalue weighted by Crippen LogP contribution is 2.40. The molecule has 2 fully saturated rings. The maximum Gasteiger partial charge on any atom is 0.323 e. The Labute approximate surface area is 242 Å². The molecule has 1 saturated heterocycles. The van der Waals surface area contributed by atoms with E-state index >= 15 is 4.39 Å². The van der Waals surface area contributed by atoms with E-state index in [1.807, 2.05) is 6.07 Å². The lowest BCUT2D eigenvalue weighted by molar-refractivity contribution is -0.119. The van der Waals surface area contributed by atoms with Crippen LogP contribution in [-0.2, 0) is 10.3 Å². The number of halogens is 2. The number of hydrogen-bond donors (Lipinski definition) is 4. The minimum Gasteiger partial charge on any atom is -0.391 e. The Morgan fingerprint density at radius 2 is 1.95 bits per heavy atom. The molecule has 0 bridgehead atoms. The molecule has 212 valence electrons. The number of rotatable bonds is 8. The molecular weight excluding hydrogens is 547 g/mol. The predicted octanol–water partition coefficient (Wildman–Crippen LogP) is 4.74. The Morgan fingerprint density at radius 3 is 2.66 bits per heavy atom. The number of hydrogen-bond acceptors (Lipinski definition) is 6. The topological polar surface area (TPSA) is 144 Å². The molecule has 3 atom stereocenters. The molecule has 11 heteroatoms. The van der Waals surface area contributed by atoms with Crippen LogP contribution >= 0.6 is 11.6 Å². The fourth-order valence-corrected chi connectivity index (χ4v) is 5.30. The van der Waals surface area contributed by atoms with Crippen LogP contribution in [0.15, 0.2) is 60.8 Å². The minimum atomic E-state index is -1.05. The molecule has 2 heterocycles. The van der Waals surface area contributed by atoms with Gasteiger partial charge in [-0.15, -0.1) is 0 Å². The molecule has 1 aromatic heterocycles. The summed E-state index contributed by atoms with van der Waals surface area (Å²) in [5.41, 5.74) is 7.67. The molecule has 0 radical (unpaired) electrons. The average Bonchev–Trinajstić information content (AvgIpc) is 3.72. The molecule has 2 aromatic carbocycles. The number of aliphatic hydroxyl groups is 1. The largest absolute Gasteiger partial charge is 0.391 e. The zero-order valence-corrected chi connectivity index (χ0v) is 22.9. The standard InChI is InChI=1S/C30H30ClFN6O3/c31-22-7-9-27(35-16-22)37-29(41)38-17-23(39)14-26(38)28(40)36-25-13-21(6-8-24(25)32)30(34,11-10-18-4-5-18)20-3-1-2-19(12-20)15-33/h1-3,6-9,12-13,16,18,23,26,39H,4-5,10-11,14,17,34H2,(H,36,40)(H,35,37,41). The number of aromatic nitrogens is 1. The number of nitrogens with one attached hydrogen (secondary N) is 2. The lowest BCUT2D eigenvalue weighted by atomic mass is 9.79. The van der Waals surface area contributed by atoms with Crippen molar-refractivity contribution in [3.8, 4) is 6.07 Å². The number of benzene rings is 2. The first-order chi connectivity index (χ1) is 19.7. The van der Waals surface area contributed by atoms with Gasteiger partial charge in [0.15, 0.2) is 0 Å². The van der Waals surface area contributed by atoms with Gasteiger partial charge in [-0.2, -0.15) is 5.26 Å². The molecule has 5 N–H and O–H groups in total. The van der Waals surface area contributed by atoms with Crippen molar-refractivity contribution in [2.45, 2.75) is 49.8 Å². The van der Waals surface area contributed by atoms with Gasteiger partial charge in [0.2, 0.25) is 5.91 Å². The van der Waals surface area contributed by atoms with Gasteiger partial charge >= 0.3 is 6.03 Å². The normalized spacial score (nSPS) is 19.7. The second-order valence-electron chi connectivity index (χ2n) is 10.7. The van der Waals surface area contributed by atoms with Crippen LogP contribution in [0.25, 0.3) is 0 Å². The summed E-state index contributed by atoms with van der Waals surface area (Å²) in [4.78, 5) is 31.5. The quantitative estimate of drug-likeness (QED) is 0.305. The molecular formula is C30H30ClFN6O3. The Morgan fingerprint density at radius 1 is 1.17 bits per heavy atom. The molecule has 1 aliphatic heterocycles. The molecule has 2 aliphatic rings. The van der Waals surface area contributed by atoms with Crippen molar-refractivity contribution in [2.24, 2.45) is 11.7 Å². The van der Waals surface area contributed by atoms with Crippen molar-refractivity contribution >= 4 is 35.0 Å². The zero-order valence-electron chi connectivity index (χ0n) is 22.2. The van der Waals surface area contributed by atoms with Gasteiger partial charge < -0.3 is 21.1 Å². The summed E-state index contributed by atoms with van der Waals surface area (Å²) in [6.45, 7) is -0.0810. The van der Waals surface area contributed by atoms with Crippen LogP contribution in [0, 0.1) is 23.1 Å². The third kappa shape index (κ3) is 6.49. The lowest BCUT2D eigenvalue weighted by Gasteiger charge is -2.32. The van der Waals surface area contributed by atoms with Crippen LogP contribution in [0.1, 0.15) is 48.8 Å². The van der Waals surface area contributed by atoms with Gasteiger partial charge in [-0.05, 0) is 66.3 Å². The molecule has 3 amide bonds. The van der Waals surface area contributed by atoms with E-state index in [1.165, 1.54) is 29.3 Å². The number of aliphatic hydroxyl groups excluding tert-OH is 1. The number of amides is 3. The van der Waals surface area contributed by atoms with Gasteiger partial charge in [0.25, 0.3) is 0 Å². The Kier molecular flexibility index (Phi) is 8.22. The van der Waals surface area contributed by atoms with E-state index in [9.17, 15) is 20.0 Å². The lowest BCUT2D eigenvalue weighted by Crippen LogP contribution is -2.45. The van der Waals surface area contributed by atoms with E-state index in [4.69, 9.17) is 17.3 Å². The molecule has 1 saturated carbocycles. The summed E-state index contributed by atoms with van der Waals surface area (Å²) < 4.78 is 15.0. The fourth-order valence-electron chi connectivity index (χ4n) is 5.19. The van der Waals surface area contributed by atoms with E-state index in [0.717, 1.165) is 24.8 Å². The number of carbonyl (C=O) groups excluding carboxylic acids is 2. The maximum atomic E-state index is 15.0. The van der Waals surface area contributed by atoms with Crippen molar-refractivity contribution in [3.05, 3.63) is 88.3 Å². The minimum absolute atomic E-state index is 0.0161. The Hall–Kier alpha value is -4.04. The summed E-state index contributed by atoms with van der Waals surface area (Å²) in [7, 11) is 0. The number of nitriles is 1. The third-order valence-electron chi connectivity index (χ3n) is 7.69. The molecule has 1 aliphatic carbocycles. The molecule has 41 heavy (non-hydrogen) atoms. The monoisotopic (exact) mass is 576 g/mol. The van der Waals surface area contributed by atoms with Gasteiger partial charge in [0.05, 0.1) is 34.0 Å². The summed E-state index contributed by atoms with van der Waals surface area (Å²) >= 11 is 5.85. The number of likely N-dealkylation sites (tertiary alicyclic amines) is 1. The zero-order chi connectivity index (χ0) is 29.1. The summed E-state index contributed by atoms with van der Waals surface area (Å²) in [5.74, 6) is -0.503. The van der Waals surface area contributed by atoms with Crippen molar-refractivity contribution in [1.82, 2.24) is 9.88 Å². The average molecular weight is 577 g/mol. The third-order valence-corrected chi connectivity index (χ3v) is 7.92. The number of β-amino-alcohol motifs (C(OH)–C–C–N with tert-alkyl or cyclic N) is 1.